The van der Waals surface area contributed by atoms with E-state index in [1.54, 1.807) is 0 Å². The van der Waals surface area contributed by atoms with Crippen LogP contribution in [-0.4, -0.2) is 53.0 Å². The number of aliphatic hydroxyl groups is 2. The summed E-state index contributed by atoms with van der Waals surface area (Å²) >= 11 is 0. The zero-order valence-corrected chi connectivity index (χ0v) is 10.9. The third-order valence-electron chi connectivity index (χ3n) is 1.68. The molecule has 0 rings (SSSR count). The van der Waals surface area contributed by atoms with Gasteiger partial charge in [-0.1, -0.05) is 26.7 Å². The molecule has 98 valence electrons. The molecule has 0 bridgehead atoms. The first-order valence-corrected chi connectivity index (χ1v) is 6.48. The molecular formula is C9H23NO5P+. The zero-order valence-electron chi connectivity index (χ0n) is 10.0. The Balaban J connectivity index is 0. The molecule has 0 amide bonds. The van der Waals surface area contributed by atoms with Gasteiger partial charge in [0.2, 0.25) is 0 Å². The topological polar surface area (TPSA) is 90.2 Å². The predicted octanol–water partition coefficient (Wildman–Crippen LogP) is 0.703. The molecule has 0 aromatic heterocycles. The smallest absolute Gasteiger partial charge is 0.395 e. The second kappa shape index (κ2) is 14.9. The summed E-state index contributed by atoms with van der Waals surface area (Å²) in [5, 5.41) is 17.0. The SMILES string of the molecule is CCCC.O=[P+](O)OCN(CCO)CCO. The molecule has 0 aromatic rings. The number of unbranched alkanes of at least 4 members (excludes halogenated alkanes) is 1. The largest absolute Gasteiger partial charge is 0.696 e. The van der Waals surface area contributed by atoms with Crippen molar-refractivity contribution in [3.05, 3.63) is 0 Å². The Bertz CT molecular complexity index is 151. The van der Waals surface area contributed by atoms with Crippen molar-refractivity contribution >= 4 is 8.25 Å². The summed E-state index contributed by atoms with van der Waals surface area (Å²) < 4.78 is 14.5. The van der Waals surface area contributed by atoms with Crippen LogP contribution in [0.25, 0.3) is 0 Å². The van der Waals surface area contributed by atoms with Crippen LogP contribution >= 0.6 is 8.25 Å². The zero-order chi connectivity index (χ0) is 12.8. The molecule has 1 atom stereocenters. The quantitative estimate of drug-likeness (QED) is 0.437. The van der Waals surface area contributed by atoms with Crippen LogP contribution in [0.1, 0.15) is 26.7 Å². The lowest BCUT2D eigenvalue weighted by Crippen LogP contribution is -2.31. The Morgan fingerprint density at radius 1 is 1.12 bits per heavy atom. The Hall–Kier alpha value is -0.100. The van der Waals surface area contributed by atoms with Crippen molar-refractivity contribution in [1.29, 1.82) is 0 Å². The Morgan fingerprint density at radius 3 is 1.81 bits per heavy atom. The fraction of sp³-hybridized carbons (Fsp3) is 1.00. The van der Waals surface area contributed by atoms with Crippen LogP contribution in [0.5, 0.6) is 0 Å². The van der Waals surface area contributed by atoms with Crippen LogP contribution in [0.15, 0.2) is 0 Å². The highest BCUT2D eigenvalue weighted by Gasteiger charge is 2.14. The van der Waals surface area contributed by atoms with Crippen LogP contribution in [-0.2, 0) is 9.09 Å². The van der Waals surface area contributed by atoms with Crippen molar-refractivity contribution in [2.75, 3.05) is 33.0 Å². The van der Waals surface area contributed by atoms with Crippen LogP contribution in [0, 0.1) is 0 Å². The van der Waals surface area contributed by atoms with Crippen molar-refractivity contribution in [3.63, 3.8) is 0 Å². The molecule has 0 aliphatic heterocycles. The summed E-state index contributed by atoms with van der Waals surface area (Å²) in [5.41, 5.74) is 0. The van der Waals surface area contributed by atoms with Crippen molar-refractivity contribution in [2.45, 2.75) is 26.7 Å². The summed E-state index contributed by atoms with van der Waals surface area (Å²) in [4.78, 5) is 9.79. The van der Waals surface area contributed by atoms with E-state index in [4.69, 9.17) is 15.1 Å². The fourth-order valence-corrected chi connectivity index (χ4v) is 0.917. The molecule has 1 unspecified atom stereocenters. The number of aliphatic hydroxyl groups excluding tert-OH is 2. The van der Waals surface area contributed by atoms with Gasteiger partial charge in [0.15, 0.2) is 6.73 Å². The van der Waals surface area contributed by atoms with Gasteiger partial charge in [-0.3, -0.25) is 4.90 Å². The average molecular weight is 256 g/mol. The number of rotatable bonds is 8. The number of hydrogen-bond donors (Lipinski definition) is 3. The lowest BCUT2D eigenvalue weighted by Gasteiger charge is -2.15. The normalized spacial score (nSPS) is 11.0. The summed E-state index contributed by atoms with van der Waals surface area (Å²) in [6, 6.07) is 0. The fourth-order valence-electron chi connectivity index (χ4n) is 0.655. The second-order valence-electron chi connectivity index (χ2n) is 3.06. The van der Waals surface area contributed by atoms with Gasteiger partial charge >= 0.3 is 8.25 Å². The van der Waals surface area contributed by atoms with Gasteiger partial charge in [0.25, 0.3) is 0 Å². The maximum absolute atomic E-state index is 10.1. The summed E-state index contributed by atoms with van der Waals surface area (Å²) in [6.45, 7) is 4.76. The van der Waals surface area contributed by atoms with Gasteiger partial charge in [-0.25, -0.2) is 0 Å². The molecule has 0 saturated carbocycles. The Morgan fingerprint density at radius 2 is 1.56 bits per heavy atom. The maximum Gasteiger partial charge on any atom is 0.696 e. The third-order valence-corrected chi connectivity index (χ3v) is 2.02. The van der Waals surface area contributed by atoms with Crippen LogP contribution in [0.3, 0.4) is 0 Å². The molecule has 0 spiro atoms. The van der Waals surface area contributed by atoms with Crippen molar-refractivity contribution in [2.24, 2.45) is 0 Å². The molecule has 0 aliphatic carbocycles. The second-order valence-corrected chi connectivity index (χ2v) is 3.80. The highest BCUT2D eigenvalue weighted by molar-refractivity contribution is 7.32. The van der Waals surface area contributed by atoms with Crippen molar-refractivity contribution < 1.29 is 24.2 Å². The summed E-state index contributed by atoms with van der Waals surface area (Å²) in [7, 11) is -2.61. The maximum atomic E-state index is 10.1. The Labute approximate surface area is 97.8 Å². The molecule has 7 heteroatoms. The van der Waals surface area contributed by atoms with E-state index in [0.29, 0.717) is 13.1 Å². The van der Waals surface area contributed by atoms with E-state index in [-0.39, 0.29) is 19.9 Å². The van der Waals surface area contributed by atoms with E-state index >= 15 is 0 Å². The minimum absolute atomic E-state index is 0.0627. The molecule has 3 N–H and O–H groups in total. The van der Waals surface area contributed by atoms with Gasteiger partial charge in [-0.15, -0.1) is 9.42 Å². The van der Waals surface area contributed by atoms with Gasteiger partial charge in [0, 0.05) is 17.7 Å². The van der Waals surface area contributed by atoms with E-state index in [1.807, 2.05) is 0 Å². The van der Waals surface area contributed by atoms with Gasteiger partial charge in [0.05, 0.1) is 13.2 Å². The van der Waals surface area contributed by atoms with E-state index in [0.717, 1.165) is 0 Å². The standard InChI is InChI=1S/C5H12NO5P.C4H10/c7-3-1-6(2-4-8)5-11-12(9)10;1-3-4-2/h7-8H,1-5H2;3-4H2,1-2H3/p+1. The first-order valence-electron chi connectivity index (χ1n) is 5.35. The van der Waals surface area contributed by atoms with Gasteiger partial charge < -0.3 is 10.2 Å². The minimum atomic E-state index is -2.61. The van der Waals surface area contributed by atoms with Gasteiger partial charge in [-0.2, -0.15) is 0 Å². The molecule has 0 saturated heterocycles. The van der Waals surface area contributed by atoms with E-state index in [9.17, 15) is 4.57 Å². The van der Waals surface area contributed by atoms with Crippen LogP contribution in [0.2, 0.25) is 0 Å². The van der Waals surface area contributed by atoms with E-state index < -0.39 is 8.25 Å². The third kappa shape index (κ3) is 16.3. The summed E-state index contributed by atoms with van der Waals surface area (Å²) in [6.07, 6.45) is 2.64. The van der Waals surface area contributed by atoms with E-state index in [1.165, 1.54) is 17.7 Å². The Kier molecular flexibility index (Phi) is 17.0. The predicted molar refractivity (Wildman–Crippen MR) is 62.1 cm³/mol. The van der Waals surface area contributed by atoms with Crippen LogP contribution < -0.4 is 0 Å². The lowest BCUT2D eigenvalue weighted by molar-refractivity contribution is 0.0828. The summed E-state index contributed by atoms with van der Waals surface area (Å²) in [5.74, 6) is 0. The molecular weight excluding hydrogens is 233 g/mol. The highest BCUT2D eigenvalue weighted by atomic mass is 31.1. The number of nitrogens with zero attached hydrogens (tertiary/aromatic N) is 1. The minimum Gasteiger partial charge on any atom is -0.395 e. The monoisotopic (exact) mass is 256 g/mol. The van der Waals surface area contributed by atoms with Crippen LogP contribution in [0.4, 0.5) is 0 Å². The van der Waals surface area contributed by atoms with E-state index in [2.05, 4.69) is 18.4 Å². The first-order chi connectivity index (χ1) is 7.62. The molecule has 0 heterocycles. The van der Waals surface area contributed by atoms with Gasteiger partial charge in [-0.05, 0) is 0 Å². The lowest BCUT2D eigenvalue weighted by atomic mass is 10.4. The molecule has 0 aliphatic rings. The molecule has 0 fully saturated rings. The first kappa shape index (κ1) is 18.3. The molecule has 16 heavy (non-hydrogen) atoms. The molecule has 0 radical (unpaired) electrons. The van der Waals surface area contributed by atoms with Crippen molar-refractivity contribution in [3.8, 4) is 0 Å². The number of hydrogen-bond acceptors (Lipinski definition) is 5. The molecule has 0 aromatic carbocycles. The highest BCUT2D eigenvalue weighted by Crippen LogP contribution is 2.14. The average Bonchev–Trinajstić information content (AvgIpc) is 2.27. The molecule has 6 nitrogen and oxygen atoms in total. The van der Waals surface area contributed by atoms with Crippen molar-refractivity contribution in [1.82, 2.24) is 4.90 Å². The van der Waals surface area contributed by atoms with Gasteiger partial charge in [0.1, 0.15) is 0 Å².